The van der Waals surface area contributed by atoms with Crippen molar-refractivity contribution in [3.8, 4) is 11.4 Å². The number of hydrogen-bond acceptors (Lipinski definition) is 4. The van der Waals surface area contributed by atoms with E-state index in [4.69, 9.17) is 9.47 Å². The molecule has 1 aromatic heterocycles. The number of fused-ring (bicyclic) bond motifs is 3. The Hall–Kier alpha value is -2.48. The van der Waals surface area contributed by atoms with E-state index in [1.807, 2.05) is 17.3 Å². The molecule has 3 aromatic rings. The number of rotatable bonds is 4. The van der Waals surface area contributed by atoms with E-state index in [-0.39, 0.29) is 5.91 Å². The topological polar surface area (TPSA) is 56.6 Å². The zero-order valence-electron chi connectivity index (χ0n) is 18.4. The summed E-state index contributed by atoms with van der Waals surface area (Å²) in [7, 11) is 0. The maximum Gasteiger partial charge on any atom is 0.222 e. The van der Waals surface area contributed by atoms with Gasteiger partial charge in [-0.15, -0.1) is 0 Å². The Morgan fingerprint density at radius 3 is 2.52 bits per heavy atom. The number of likely N-dealkylation sites (tertiary alicyclic amines) is 1. The molecule has 170 valence electrons. The molecule has 6 rings (SSSR count). The third kappa shape index (κ3) is 3.36. The van der Waals surface area contributed by atoms with Crippen molar-refractivity contribution in [2.24, 2.45) is 0 Å². The number of hydrogen-bond donors (Lipinski definition) is 0. The highest BCUT2D eigenvalue weighted by Gasteiger charge is 2.46. The van der Waals surface area contributed by atoms with Crippen LogP contribution in [0.1, 0.15) is 36.8 Å². The van der Waals surface area contributed by atoms with Gasteiger partial charge in [0.05, 0.1) is 18.8 Å². The SMILES string of the molecule is O=C(CCC1(c2ccc(Br)cc2)c2ccccc2-c2nccn21)N1CCC2(CC1)OCCO2. The highest BCUT2D eigenvalue weighted by atomic mass is 79.9. The van der Waals surface area contributed by atoms with E-state index in [1.54, 1.807) is 0 Å². The zero-order valence-corrected chi connectivity index (χ0v) is 20.0. The molecular formula is C26H26BrN3O3. The summed E-state index contributed by atoms with van der Waals surface area (Å²) in [6, 6.07) is 16.9. The number of benzene rings is 2. The lowest BCUT2D eigenvalue weighted by atomic mass is 9.79. The van der Waals surface area contributed by atoms with Gasteiger partial charge in [0, 0.05) is 54.8 Å². The van der Waals surface area contributed by atoms with Crippen molar-refractivity contribution < 1.29 is 14.3 Å². The molecule has 2 saturated heterocycles. The Kier molecular flexibility index (Phi) is 5.16. The minimum absolute atomic E-state index is 0.186. The monoisotopic (exact) mass is 507 g/mol. The molecule has 0 radical (unpaired) electrons. The molecule has 0 saturated carbocycles. The molecule has 33 heavy (non-hydrogen) atoms. The maximum absolute atomic E-state index is 13.4. The molecule has 0 bridgehead atoms. The molecule has 3 aliphatic rings. The first-order valence-corrected chi connectivity index (χ1v) is 12.4. The molecule has 4 heterocycles. The second-order valence-electron chi connectivity index (χ2n) is 9.02. The van der Waals surface area contributed by atoms with Crippen LogP contribution in [0.4, 0.5) is 0 Å². The number of aromatic nitrogens is 2. The van der Waals surface area contributed by atoms with Crippen LogP contribution in [0.3, 0.4) is 0 Å². The molecule has 1 unspecified atom stereocenters. The van der Waals surface area contributed by atoms with Gasteiger partial charge in [-0.1, -0.05) is 52.3 Å². The molecule has 2 fully saturated rings. The summed E-state index contributed by atoms with van der Waals surface area (Å²) in [5.74, 6) is 0.674. The smallest absolute Gasteiger partial charge is 0.222 e. The van der Waals surface area contributed by atoms with Crippen LogP contribution in [0.5, 0.6) is 0 Å². The van der Waals surface area contributed by atoms with Crippen LogP contribution in [0.2, 0.25) is 0 Å². The average molecular weight is 508 g/mol. The molecular weight excluding hydrogens is 482 g/mol. The van der Waals surface area contributed by atoms with Crippen molar-refractivity contribution in [2.45, 2.75) is 37.0 Å². The molecule has 7 heteroatoms. The van der Waals surface area contributed by atoms with Crippen LogP contribution in [-0.2, 0) is 19.8 Å². The van der Waals surface area contributed by atoms with Crippen LogP contribution in [0, 0.1) is 0 Å². The largest absolute Gasteiger partial charge is 0.347 e. The van der Waals surface area contributed by atoms with Gasteiger partial charge in [-0.2, -0.15) is 0 Å². The first kappa shape index (κ1) is 21.1. The number of piperidine rings is 1. The van der Waals surface area contributed by atoms with E-state index in [2.05, 4.69) is 74.0 Å². The van der Waals surface area contributed by atoms with Crippen molar-refractivity contribution in [3.63, 3.8) is 0 Å². The highest BCUT2D eigenvalue weighted by Crippen LogP contribution is 2.49. The van der Waals surface area contributed by atoms with Gasteiger partial charge in [-0.3, -0.25) is 4.79 Å². The molecule has 2 aromatic carbocycles. The molecule has 1 spiro atoms. The van der Waals surface area contributed by atoms with E-state index >= 15 is 0 Å². The van der Waals surface area contributed by atoms with E-state index in [0.29, 0.717) is 39.1 Å². The fourth-order valence-corrected chi connectivity index (χ4v) is 5.99. The maximum atomic E-state index is 13.4. The van der Waals surface area contributed by atoms with E-state index in [0.717, 1.165) is 34.3 Å². The number of amides is 1. The summed E-state index contributed by atoms with van der Waals surface area (Å²) in [4.78, 5) is 20.0. The summed E-state index contributed by atoms with van der Waals surface area (Å²) in [6.07, 6.45) is 6.50. The number of imidazole rings is 1. The predicted octanol–water partition coefficient (Wildman–Crippen LogP) is 4.56. The summed E-state index contributed by atoms with van der Waals surface area (Å²) in [5, 5.41) is 0. The van der Waals surface area contributed by atoms with Crippen LogP contribution in [0.15, 0.2) is 65.4 Å². The Balaban J connectivity index is 1.31. The number of nitrogens with zero attached hydrogens (tertiary/aromatic N) is 3. The summed E-state index contributed by atoms with van der Waals surface area (Å²) < 4.78 is 14.9. The normalized spacial score (nSPS) is 23.0. The summed E-state index contributed by atoms with van der Waals surface area (Å²) in [6.45, 7) is 2.65. The van der Waals surface area contributed by atoms with Crippen LogP contribution >= 0.6 is 15.9 Å². The van der Waals surface area contributed by atoms with Crippen LogP contribution in [-0.4, -0.2) is 52.4 Å². The Labute approximate surface area is 201 Å². The standard InChI is InChI=1S/C26H26BrN3O3/c27-20-7-5-19(6-8-20)26(22-4-2-1-3-21(22)24-28-13-16-30(24)26)10-9-23(31)29-14-11-25(12-15-29)32-17-18-33-25/h1-8,13,16H,9-12,14-15,17-18H2. The molecule has 0 N–H and O–H groups in total. The summed E-state index contributed by atoms with van der Waals surface area (Å²) >= 11 is 3.57. The van der Waals surface area contributed by atoms with Crippen molar-refractivity contribution in [1.29, 1.82) is 0 Å². The number of carbonyl (C=O) groups excluding carboxylic acids is 1. The second kappa shape index (κ2) is 8.08. The van der Waals surface area contributed by atoms with Gasteiger partial charge in [-0.05, 0) is 29.7 Å². The van der Waals surface area contributed by atoms with Gasteiger partial charge in [0.1, 0.15) is 5.82 Å². The van der Waals surface area contributed by atoms with Crippen molar-refractivity contribution in [3.05, 3.63) is 76.5 Å². The highest BCUT2D eigenvalue weighted by molar-refractivity contribution is 9.10. The zero-order chi connectivity index (χ0) is 22.5. The van der Waals surface area contributed by atoms with Crippen molar-refractivity contribution >= 4 is 21.8 Å². The molecule has 1 amide bonds. The number of ether oxygens (including phenoxy) is 2. The average Bonchev–Trinajstić information content (AvgIpc) is 3.56. The van der Waals surface area contributed by atoms with Gasteiger partial charge in [0.15, 0.2) is 5.79 Å². The quantitative estimate of drug-likeness (QED) is 0.519. The molecule has 1 atom stereocenters. The van der Waals surface area contributed by atoms with Gasteiger partial charge in [0.25, 0.3) is 0 Å². The van der Waals surface area contributed by atoms with E-state index in [9.17, 15) is 4.79 Å². The lowest BCUT2D eigenvalue weighted by molar-refractivity contribution is -0.187. The lowest BCUT2D eigenvalue weighted by Crippen LogP contribution is -2.47. The fraction of sp³-hybridized carbons (Fsp3) is 0.385. The Morgan fingerprint density at radius 1 is 1.03 bits per heavy atom. The third-order valence-electron chi connectivity index (χ3n) is 7.38. The van der Waals surface area contributed by atoms with Gasteiger partial charge < -0.3 is 18.9 Å². The molecule has 6 nitrogen and oxygen atoms in total. The van der Waals surface area contributed by atoms with Gasteiger partial charge >= 0.3 is 0 Å². The first-order valence-electron chi connectivity index (χ1n) is 11.6. The first-order chi connectivity index (χ1) is 16.1. The third-order valence-corrected chi connectivity index (χ3v) is 7.91. The predicted molar refractivity (Wildman–Crippen MR) is 128 cm³/mol. The van der Waals surface area contributed by atoms with Crippen LogP contribution < -0.4 is 0 Å². The molecule has 3 aliphatic heterocycles. The molecule has 0 aliphatic carbocycles. The van der Waals surface area contributed by atoms with E-state index < -0.39 is 11.3 Å². The van der Waals surface area contributed by atoms with E-state index in [1.165, 1.54) is 5.56 Å². The van der Waals surface area contributed by atoms with Crippen LogP contribution in [0.25, 0.3) is 11.4 Å². The Bertz CT molecular complexity index is 1180. The fourth-order valence-electron chi connectivity index (χ4n) is 5.73. The number of carbonyl (C=O) groups is 1. The lowest BCUT2D eigenvalue weighted by Gasteiger charge is -2.38. The second-order valence-corrected chi connectivity index (χ2v) is 9.94. The summed E-state index contributed by atoms with van der Waals surface area (Å²) in [5.41, 5.74) is 3.03. The van der Waals surface area contributed by atoms with Gasteiger partial charge in [0.2, 0.25) is 5.91 Å². The minimum Gasteiger partial charge on any atom is -0.347 e. The minimum atomic E-state index is -0.467. The van der Waals surface area contributed by atoms with Gasteiger partial charge in [-0.25, -0.2) is 4.98 Å². The Morgan fingerprint density at radius 2 is 1.76 bits per heavy atom. The number of halogens is 1. The van der Waals surface area contributed by atoms with Crippen molar-refractivity contribution in [1.82, 2.24) is 14.5 Å². The van der Waals surface area contributed by atoms with Crippen molar-refractivity contribution in [2.75, 3.05) is 26.3 Å².